The minimum absolute atomic E-state index is 0.270. The number of carbonyl (C=O) groups is 1. The highest BCUT2D eigenvalue weighted by Crippen LogP contribution is 2.24. The molecule has 94 valence electrons. The van der Waals surface area contributed by atoms with Crippen molar-refractivity contribution in [2.75, 3.05) is 13.6 Å². The Morgan fingerprint density at radius 3 is 2.69 bits per heavy atom. The first-order valence-electron chi connectivity index (χ1n) is 6.15. The highest BCUT2D eigenvalue weighted by atomic mass is 16.1. The summed E-state index contributed by atoms with van der Waals surface area (Å²) in [7, 11) is 1.80. The summed E-state index contributed by atoms with van der Waals surface area (Å²) in [6.07, 6.45) is 3.29. The van der Waals surface area contributed by atoms with Crippen LogP contribution in [0.15, 0.2) is 0 Å². The predicted molar refractivity (Wildman–Crippen MR) is 66.1 cm³/mol. The summed E-state index contributed by atoms with van der Waals surface area (Å²) in [6.45, 7) is 7.46. The molecule has 1 fully saturated rings. The molecule has 0 spiro atoms. The lowest BCUT2D eigenvalue weighted by atomic mass is 9.92. The van der Waals surface area contributed by atoms with Crippen molar-refractivity contribution in [3.05, 3.63) is 0 Å². The molecule has 0 aliphatic carbocycles. The molecule has 4 nitrogen and oxygen atoms in total. The van der Waals surface area contributed by atoms with E-state index in [-0.39, 0.29) is 5.91 Å². The zero-order chi connectivity index (χ0) is 12.3. The van der Waals surface area contributed by atoms with Gasteiger partial charge in [-0.1, -0.05) is 0 Å². The van der Waals surface area contributed by atoms with Gasteiger partial charge in [-0.25, -0.2) is 0 Å². The van der Waals surface area contributed by atoms with E-state index in [4.69, 9.17) is 5.73 Å². The topological polar surface area (TPSA) is 58.4 Å². The van der Waals surface area contributed by atoms with Crippen molar-refractivity contribution in [3.8, 4) is 0 Å². The summed E-state index contributed by atoms with van der Waals surface area (Å²) in [5, 5.41) is 3.05. The lowest BCUT2D eigenvalue weighted by Crippen LogP contribution is -2.55. The lowest BCUT2D eigenvalue weighted by Gasteiger charge is -2.35. The molecule has 1 saturated heterocycles. The van der Waals surface area contributed by atoms with Gasteiger partial charge in [0.2, 0.25) is 5.91 Å². The standard InChI is InChI=1S/C12H25N3O/c1-9-6-5-7-15(9)10(2)8-12(3,14-4)11(13)16/h9-10,14H,5-8H2,1-4H3,(H2,13,16). The molecule has 1 rings (SSSR count). The van der Waals surface area contributed by atoms with E-state index in [9.17, 15) is 4.79 Å². The molecule has 0 radical (unpaired) electrons. The Kier molecular flexibility index (Phi) is 4.33. The Bertz CT molecular complexity index is 257. The van der Waals surface area contributed by atoms with Gasteiger partial charge in [0.25, 0.3) is 0 Å². The van der Waals surface area contributed by atoms with Crippen molar-refractivity contribution in [2.45, 2.75) is 57.7 Å². The van der Waals surface area contributed by atoms with Crippen LogP contribution in [-0.4, -0.2) is 42.0 Å². The van der Waals surface area contributed by atoms with Crippen LogP contribution < -0.4 is 11.1 Å². The summed E-state index contributed by atoms with van der Waals surface area (Å²) in [5.74, 6) is -0.270. The van der Waals surface area contributed by atoms with Crippen molar-refractivity contribution >= 4 is 5.91 Å². The van der Waals surface area contributed by atoms with Gasteiger partial charge >= 0.3 is 0 Å². The van der Waals surface area contributed by atoms with Gasteiger partial charge in [-0.3, -0.25) is 9.69 Å². The van der Waals surface area contributed by atoms with Crippen LogP contribution in [0.2, 0.25) is 0 Å². The van der Waals surface area contributed by atoms with Gasteiger partial charge < -0.3 is 11.1 Å². The maximum atomic E-state index is 11.4. The number of likely N-dealkylation sites (tertiary alicyclic amines) is 1. The molecule has 0 aromatic rings. The lowest BCUT2D eigenvalue weighted by molar-refractivity contribution is -0.124. The summed E-state index contributed by atoms with van der Waals surface area (Å²) >= 11 is 0. The summed E-state index contributed by atoms with van der Waals surface area (Å²) in [6, 6.07) is 1.02. The Labute approximate surface area is 98.6 Å². The fourth-order valence-corrected chi connectivity index (χ4v) is 2.64. The number of rotatable bonds is 5. The van der Waals surface area contributed by atoms with Crippen LogP contribution in [0.5, 0.6) is 0 Å². The fraction of sp³-hybridized carbons (Fsp3) is 0.917. The first kappa shape index (κ1) is 13.5. The van der Waals surface area contributed by atoms with E-state index in [1.54, 1.807) is 7.05 Å². The van der Waals surface area contributed by atoms with Crippen molar-refractivity contribution in [3.63, 3.8) is 0 Å². The number of hydrogen-bond acceptors (Lipinski definition) is 3. The molecule has 3 atom stereocenters. The van der Waals surface area contributed by atoms with Gasteiger partial charge in [0.15, 0.2) is 0 Å². The number of nitrogens with two attached hydrogens (primary N) is 1. The Hall–Kier alpha value is -0.610. The second-order valence-corrected chi connectivity index (χ2v) is 5.23. The van der Waals surface area contributed by atoms with E-state index >= 15 is 0 Å². The molecule has 1 aliphatic rings. The predicted octanol–water partition coefficient (Wildman–Crippen LogP) is 0.713. The van der Waals surface area contributed by atoms with Gasteiger partial charge in [0, 0.05) is 12.1 Å². The molecule has 0 saturated carbocycles. The number of nitrogens with zero attached hydrogens (tertiary/aromatic N) is 1. The van der Waals surface area contributed by atoms with Gasteiger partial charge in [0.1, 0.15) is 0 Å². The third kappa shape index (κ3) is 2.74. The molecule has 3 unspecified atom stereocenters. The van der Waals surface area contributed by atoms with Crippen LogP contribution >= 0.6 is 0 Å². The van der Waals surface area contributed by atoms with E-state index in [0.29, 0.717) is 12.1 Å². The highest BCUT2D eigenvalue weighted by molar-refractivity contribution is 5.84. The molecule has 16 heavy (non-hydrogen) atoms. The monoisotopic (exact) mass is 227 g/mol. The Morgan fingerprint density at radius 2 is 2.31 bits per heavy atom. The van der Waals surface area contributed by atoms with Crippen molar-refractivity contribution in [2.24, 2.45) is 5.73 Å². The number of carbonyl (C=O) groups excluding carboxylic acids is 1. The molecule has 0 aromatic carbocycles. The maximum Gasteiger partial charge on any atom is 0.237 e. The number of hydrogen-bond donors (Lipinski definition) is 2. The summed E-state index contributed by atoms with van der Waals surface area (Å²) in [4.78, 5) is 13.9. The quantitative estimate of drug-likeness (QED) is 0.727. The number of primary amides is 1. The van der Waals surface area contributed by atoms with E-state index in [1.807, 2.05) is 6.92 Å². The van der Waals surface area contributed by atoms with E-state index in [0.717, 1.165) is 13.0 Å². The Morgan fingerprint density at radius 1 is 1.69 bits per heavy atom. The van der Waals surface area contributed by atoms with Crippen LogP contribution in [0.3, 0.4) is 0 Å². The molecule has 1 amide bonds. The fourth-order valence-electron chi connectivity index (χ4n) is 2.64. The zero-order valence-corrected chi connectivity index (χ0v) is 10.9. The first-order valence-corrected chi connectivity index (χ1v) is 6.15. The van der Waals surface area contributed by atoms with Gasteiger partial charge in [-0.05, 0) is 53.6 Å². The number of nitrogens with one attached hydrogen (secondary N) is 1. The molecular formula is C12H25N3O. The third-order valence-corrected chi connectivity index (χ3v) is 3.97. The van der Waals surface area contributed by atoms with Crippen molar-refractivity contribution < 1.29 is 4.79 Å². The second-order valence-electron chi connectivity index (χ2n) is 5.23. The minimum atomic E-state index is -0.596. The average molecular weight is 227 g/mol. The molecular weight excluding hydrogens is 202 g/mol. The van der Waals surface area contributed by atoms with Crippen LogP contribution in [0, 0.1) is 0 Å². The van der Waals surface area contributed by atoms with Gasteiger partial charge in [0.05, 0.1) is 5.54 Å². The van der Waals surface area contributed by atoms with Crippen molar-refractivity contribution in [1.29, 1.82) is 0 Å². The number of amides is 1. The molecule has 1 aliphatic heterocycles. The summed E-state index contributed by atoms with van der Waals surface area (Å²) in [5.41, 5.74) is 4.85. The third-order valence-electron chi connectivity index (χ3n) is 3.97. The molecule has 0 aromatic heterocycles. The smallest absolute Gasteiger partial charge is 0.237 e. The molecule has 3 N–H and O–H groups in total. The van der Waals surface area contributed by atoms with Crippen LogP contribution in [-0.2, 0) is 4.79 Å². The van der Waals surface area contributed by atoms with E-state index in [2.05, 4.69) is 24.1 Å². The van der Waals surface area contributed by atoms with Crippen LogP contribution in [0.4, 0.5) is 0 Å². The average Bonchev–Trinajstić information content (AvgIpc) is 2.64. The minimum Gasteiger partial charge on any atom is -0.368 e. The largest absolute Gasteiger partial charge is 0.368 e. The maximum absolute atomic E-state index is 11.4. The second kappa shape index (κ2) is 5.15. The molecule has 0 bridgehead atoms. The van der Waals surface area contributed by atoms with E-state index in [1.165, 1.54) is 12.8 Å². The van der Waals surface area contributed by atoms with Crippen molar-refractivity contribution in [1.82, 2.24) is 10.2 Å². The molecule has 1 heterocycles. The van der Waals surface area contributed by atoms with Crippen LogP contribution in [0.25, 0.3) is 0 Å². The Balaban J connectivity index is 2.61. The van der Waals surface area contributed by atoms with Gasteiger partial charge in [-0.2, -0.15) is 0 Å². The highest BCUT2D eigenvalue weighted by Gasteiger charge is 2.34. The van der Waals surface area contributed by atoms with E-state index < -0.39 is 5.54 Å². The molecule has 4 heteroatoms. The SMILES string of the molecule is CNC(C)(CC(C)N1CCCC1C)C(N)=O. The first-order chi connectivity index (χ1) is 7.40. The van der Waals surface area contributed by atoms with Gasteiger partial charge in [-0.15, -0.1) is 0 Å². The zero-order valence-electron chi connectivity index (χ0n) is 10.9. The van der Waals surface area contributed by atoms with Crippen LogP contribution in [0.1, 0.15) is 40.0 Å². The normalized spacial score (nSPS) is 27.6. The number of likely N-dealkylation sites (N-methyl/N-ethyl adjacent to an activating group) is 1. The summed E-state index contributed by atoms with van der Waals surface area (Å²) < 4.78 is 0.